The molecule has 128 valence electrons. The number of halogens is 4. The standard InChI is InChI=1S/C6H12Cl4O9P2/c7-5(6(8,9)10)4(19-21(14,15)16)3-17-1-2-18-20(11,12)13/h4-5H,1-3H2,(H2,11,12,13)(H2,14,15,16). The molecular formula is C6H12Cl4O9P2. The summed E-state index contributed by atoms with van der Waals surface area (Å²) in [5, 5.41) is -1.46. The minimum Gasteiger partial charge on any atom is -0.376 e. The highest BCUT2D eigenvalue weighted by Gasteiger charge is 2.41. The molecule has 0 aromatic heterocycles. The molecule has 0 amide bonds. The van der Waals surface area contributed by atoms with Crippen LogP contribution in [-0.2, 0) is 22.9 Å². The molecule has 15 heteroatoms. The quantitative estimate of drug-likeness (QED) is 0.243. The summed E-state index contributed by atoms with van der Waals surface area (Å²) in [5.74, 6) is 0. The van der Waals surface area contributed by atoms with Crippen LogP contribution in [0.5, 0.6) is 0 Å². The number of ether oxygens (including phenoxy) is 1. The zero-order chi connectivity index (χ0) is 16.9. The molecule has 0 saturated carbocycles. The van der Waals surface area contributed by atoms with Gasteiger partial charge in [-0.2, -0.15) is 0 Å². The Morgan fingerprint density at radius 2 is 1.52 bits per heavy atom. The summed E-state index contributed by atoms with van der Waals surface area (Å²) in [6, 6.07) is 0. The van der Waals surface area contributed by atoms with Crippen molar-refractivity contribution >= 4 is 62.0 Å². The van der Waals surface area contributed by atoms with E-state index in [4.69, 9.17) is 70.7 Å². The van der Waals surface area contributed by atoms with Crippen LogP contribution in [0.2, 0.25) is 0 Å². The van der Waals surface area contributed by atoms with Gasteiger partial charge in [0.05, 0.1) is 19.8 Å². The molecule has 0 bridgehead atoms. The van der Waals surface area contributed by atoms with Gasteiger partial charge in [0.15, 0.2) is 0 Å². The number of hydrogen-bond donors (Lipinski definition) is 4. The van der Waals surface area contributed by atoms with E-state index in [1.807, 2.05) is 0 Å². The number of hydrogen-bond acceptors (Lipinski definition) is 5. The van der Waals surface area contributed by atoms with Crippen LogP contribution in [-0.4, -0.2) is 54.7 Å². The third kappa shape index (κ3) is 12.4. The molecule has 0 aromatic carbocycles. The van der Waals surface area contributed by atoms with Crippen molar-refractivity contribution in [1.29, 1.82) is 0 Å². The Labute approximate surface area is 139 Å². The second-order valence-corrected chi connectivity index (χ2v) is 8.75. The molecule has 0 aliphatic rings. The molecule has 0 rings (SSSR count). The number of phosphoric acid groups is 2. The Hall–Kier alpha value is 1.34. The molecular weight excluding hydrogens is 420 g/mol. The molecule has 2 atom stereocenters. The van der Waals surface area contributed by atoms with Crippen molar-refractivity contribution in [2.24, 2.45) is 0 Å². The van der Waals surface area contributed by atoms with Crippen LogP contribution in [0.3, 0.4) is 0 Å². The Bertz CT molecular complexity index is 404. The van der Waals surface area contributed by atoms with Crippen molar-refractivity contribution in [3.63, 3.8) is 0 Å². The summed E-state index contributed by atoms with van der Waals surface area (Å²) in [6.45, 7) is -1.32. The zero-order valence-corrected chi connectivity index (χ0v) is 14.8. The highest BCUT2D eigenvalue weighted by molar-refractivity contribution is 7.46. The van der Waals surface area contributed by atoms with E-state index < -0.39 is 44.1 Å². The average Bonchev–Trinajstić information content (AvgIpc) is 2.21. The summed E-state index contributed by atoms with van der Waals surface area (Å²) in [6.07, 6.45) is -1.49. The van der Waals surface area contributed by atoms with E-state index in [0.29, 0.717) is 0 Å². The van der Waals surface area contributed by atoms with Gasteiger partial charge in [-0.3, -0.25) is 9.05 Å². The Morgan fingerprint density at radius 1 is 1.00 bits per heavy atom. The van der Waals surface area contributed by atoms with Crippen LogP contribution in [0, 0.1) is 0 Å². The van der Waals surface area contributed by atoms with Gasteiger partial charge in [-0.15, -0.1) is 11.6 Å². The first kappa shape index (κ1) is 22.3. The highest BCUT2D eigenvalue weighted by atomic mass is 35.6. The van der Waals surface area contributed by atoms with Crippen LogP contribution >= 0.6 is 62.0 Å². The molecule has 0 heterocycles. The molecule has 21 heavy (non-hydrogen) atoms. The van der Waals surface area contributed by atoms with Gasteiger partial charge < -0.3 is 24.3 Å². The summed E-state index contributed by atoms with van der Waals surface area (Å²) in [5.41, 5.74) is 0. The molecule has 0 fully saturated rings. The molecule has 4 N–H and O–H groups in total. The molecule has 2 unspecified atom stereocenters. The fourth-order valence-electron chi connectivity index (χ4n) is 0.970. The van der Waals surface area contributed by atoms with Crippen molar-refractivity contribution in [3.8, 4) is 0 Å². The van der Waals surface area contributed by atoms with Crippen LogP contribution in [0.1, 0.15) is 0 Å². The molecule has 0 radical (unpaired) electrons. The molecule has 0 aliphatic carbocycles. The second-order valence-electron chi connectivity index (χ2n) is 3.48. The van der Waals surface area contributed by atoms with E-state index in [1.54, 1.807) is 0 Å². The number of alkyl halides is 4. The number of rotatable bonds is 9. The second kappa shape index (κ2) is 8.99. The summed E-state index contributed by atoms with van der Waals surface area (Å²) >= 11 is 22.2. The van der Waals surface area contributed by atoms with Gasteiger partial charge in [0.25, 0.3) is 0 Å². The molecule has 0 aliphatic heterocycles. The lowest BCUT2D eigenvalue weighted by Crippen LogP contribution is -2.38. The molecule has 0 saturated heterocycles. The van der Waals surface area contributed by atoms with Crippen LogP contribution in [0.4, 0.5) is 0 Å². The predicted octanol–water partition coefficient (Wildman–Crippen LogP) is 1.57. The van der Waals surface area contributed by atoms with Crippen molar-refractivity contribution < 1.29 is 42.5 Å². The van der Waals surface area contributed by atoms with E-state index in [0.717, 1.165) is 0 Å². The van der Waals surface area contributed by atoms with Crippen LogP contribution in [0.25, 0.3) is 0 Å². The Kier molecular flexibility index (Phi) is 9.56. The lowest BCUT2D eigenvalue weighted by atomic mass is 10.3. The van der Waals surface area contributed by atoms with Gasteiger partial charge in [0.1, 0.15) is 11.5 Å². The lowest BCUT2D eigenvalue weighted by molar-refractivity contribution is 0.0181. The largest absolute Gasteiger partial charge is 0.469 e. The van der Waals surface area contributed by atoms with E-state index in [9.17, 15) is 9.13 Å². The van der Waals surface area contributed by atoms with Gasteiger partial charge in [-0.25, -0.2) is 9.13 Å². The van der Waals surface area contributed by atoms with Gasteiger partial charge >= 0.3 is 15.6 Å². The maximum absolute atomic E-state index is 10.8. The van der Waals surface area contributed by atoms with Crippen LogP contribution in [0.15, 0.2) is 0 Å². The van der Waals surface area contributed by atoms with E-state index in [2.05, 4.69) is 9.05 Å². The smallest absolute Gasteiger partial charge is 0.376 e. The van der Waals surface area contributed by atoms with Gasteiger partial charge in [0.2, 0.25) is 3.79 Å². The highest BCUT2D eigenvalue weighted by Crippen LogP contribution is 2.44. The van der Waals surface area contributed by atoms with E-state index >= 15 is 0 Å². The zero-order valence-electron chi connectivity index (χ0n) is 10.0. The van der Waals surface area contributed by atoms with Gasteiger partial charge in [0, 0.05) is 0 Å². The number of phosphoric ester groups is 2. The fraction of sp³-hybridized carbons (Fsp3) is 1.00. The maximum Gasteiger partial charge on any atom is 0.469 e. The Morgan fingerprint density at radius 3 is 1.90 bits per heavy atom. The minimum absolute atomic E-state index is 0.324. The van der Waals surface area contributed by atoms with Crippen molar-refractivity contribution in [2.75, 3.05) is 19.8 Å². The third-order valence-electron chi connectivity index (χ3n) is 1.68. The topological polar surface area (TPSA) is 143 Å². The first-order chi connectivity index (χ1) is 9.22. The molecule has 0 spiro atoms. The van der Waals surface area contributed by atoms with E-state index in [1.165, 1.54) is 0 Å². The first-order valence-electron chi connectivity index (χ1n) is 4.95. The Balaban J connectivity index is 4.43. The maximum atomic E-state index is 10.8. The minimum atomic E-state index is -4.92. The predicted molar refractivity (Wildman–Crippen MR) is 75.7 cm³/mol. The van der Waals surface area contributed by atoms with Crippen molar-refractivity contribution in [1.82, 2.24) is 0 Å². The fourth-order valence-corrected chi connectivity index (χ4v) is 2.44. The average molecular weight is 432 g/mol. The first-order valence-corrected chi connectivity index (χ1v) is 9.58. The van der Waals surface area contributed by atoms with Crippen LogP contribution < -0.4 is 0 Å². The van der Waals surface area contributed by atoms with Crippen molar-refractivity contribution in [2.45, 2.75) is 15.3 Å². The summed E-state index contributed by atoms with van der Waals surface area (Å²) in [7, 11) is -9.56. The molecule has 0 aromatic rings. The summed E-state index contributed by atoms with van der Waals surface area (Å²) in [4.78, 5) is 34.3. The third-order valence-corrected chi connectivity index (χ3v) is 4.39. The van der Waals surface area contributed by atoms with Crippen molar-refractivity contribution in [3.05, 3.63) is 0 Å². The lowest BCUT2D eigenvalue weighted by Gasteiger charge is -2.27. The van der Waals surface area contributed by atoms with Gasteiger partial charge in [-0.1, -0.05) is 34.8 Å². The SMILES string of the molecule is O=P(O)(O)OCCOCC(OP(=O)(O)O)C(Cl)C(Cl)(Cl)Cl. The normalized spacial score (nSPS) is 16.8. The molecule has 9 nitrogen and oxygen atoms in total. The van der Waals surface area contributed by atoms with E-state index in [-0.39, 0.29) is 6.61 Å². The summed E-state index contributed by atoms with van der Waals surface area (Å²) < 4.78 is 32.3. The van der Waals surface area contributed by atoms with Gasteiger partial charge in [-0.05, 0) is 0 Å². The monoisotopic (exact) mass is 430 g/mol.